The number of oxazole rings is 1. The van der Waals surface area contributed by atoms with E-state index < -0.39 is 11.3 Å². The molecular formula is C13H14N4O3. The first-order chi connectivity index (χ1) is 9.45. The Morgan fingerprint density at radius 3 is 2.80 bits per heavy atom. The molecule has 0 bridgehead atoms. The highest BCUT2D eigenvalue weighted by Crippen LogP contribution is 2.15. The minimum Gasteiger partial charge on any atom is -0.408 e. The number of aromatic nitrogens is 3. The molecule has 20 heavy (non-hydrogen) atoms. The lowest BCUT2D eigenvalue weighted by Gasteiger charge is -2.11. The fraction of sp³-hybridized carbons (Fsp3) is 0.308. The van der Waals surface area contributed by atoms with Crippen molar-refractivity contribution in [3.8, 4) is 0 Å². The second-order valence-electron chi connectivity index (χ2n) is 5.16. The highest BCUT2D eigenvalue weighted by molar-refractivity contribution is 5.72. The highest BCUT2D eigenvalue weighted by Gasteiger charge is 2.22. The standard InChI is InChI=1S/C13H14N4O3/c1-13(2,14)11-15-10(20-16-11)7-17-8-5-3-4-6-9(8)19-12(17)18/h3-6H,7,14H2,1-2H3. The van der Waals surface area contributed by atoms with Crippen LogP contribution in [0.15, 0.2) is 38.0 Å². The van der Waals surface area contributed by atoms with E-state index in [9.17, 15) is 4.79 Å². The van der Waals surface area contributed by atoms with Gasteiger partial charge in [-0.3, -0.25) is 4.57 Å². The summed E-state index contributed by atoms with van der Waals surface area (Å²) in [4.78, 5) is 16.0. The molecule has 0 aliphatic carbocycles. The number of rotatable bonds is 3. The lowest BCUT2D eigenvalue weighted by molar-refractivity contribution is 0.352. The van der Waals surface area contributed by atoms with Crippen molar-refractivity contribution in [1.29, 1.82) is 0 Å². The molecule has 3 rings (SSSR count). The topological polar surface area (TPSA) is 100 Å². The summed E-state index contributed by atoms with van der Waals surface area (Å²) in [6.07, 6.45) is 0. The normalized spacial score (nSPS) is 12.2. The van der Waals surface area contributed by atoms with E-state index in [2.05, 4.69) is 10.1 Å². The van der Waals surface area contributed by atoms with E-state index in [0.717, 1.165) is 0 Å². The second-order valence-corrected chi connectivity index (χ2v) is 5.16. The van der Waals surface area contributed by atoms with Gasteiger partial charge in [0.15, 0.2) is 11.4 Å². The summed E-state index contributed by atoms with van der Waals surface area (Å²) in [7, 11) is 0. The van der Waals surface area contributed by atoms with Crippen LogP contribution in [-0.2, 0) is 12.1 Å². The SMILES string of the molecule is CC(C)(N)c1noc(Cn2c(=O)oc3ccccc32)n1. The van der Waals surface area contributed by atoms with Gasteiger partial charge < -0.3 is 14.7 Å². The minimum absolute atomic E-state index is 0.152. The Labute approximate surface area is 114 Å². The third-order valence-electron chi connectivity index (χ3n) is 2.91. The number of hydrogen-bond donors (Lipinski definition) is 1. The Morgan fingerprint density at radius 2 is 2.10 bits per heavy atom. The van der Waals surface area contributed by atoms with E-state index in [0.29, 0.717) is 22.8 Å². The zero-order valence-electron chi connectivity index (χ0n) is 11.2. The van der Waals surface area contributed by atoms with Crippen LogP contribution in [0.25, 0.3) is 11.1 Å². The van der Waals surface area contributed by atoms with Crippen molar-refractivity contribution >= 4 is 11.1 Å². The first-order valence-electron chi connectivity index (χ1n) is 6.15. The molecule has 104 valence electrons. The third kappa shape index (κ3) is 2.12. The van der Waals surface area contributed by atoms with Crippen LogP contribution < -0.4 is 11.5 Å². The Hall–Kier alpha value is -2.41. The van der Waals surface area contributed by atoms with Crippen molar-refractivity contribution in [2.24, 2.45) is 5.73 Å². The van der Waals surface area contributed by atoms with Crippen molar-refractivity contribution in [3.63, 3.8) is 0 Å². The van der Waals surface area contributed by atoms with Gasteiger partial charge in [0.25, 0.3) is 0 Å². The van der Waals surface area contributed by atoms with Crippen molar-refractivity contribution < 1.29 is 8.94 Å². The number of hydrogen-bond acceptors (Lipinski definition) is 6. The van der Waals surface area contributed by atoms with E-state index in [1.807, 2.05) is 6.07 Å². The van der Waals surface area contributed by atoms with E-state index in [-0.39, 0.29) is 6.54 Å². The summed E-state index contributed by atoms with van der Waals surface area (Å²) in [6, 6.07) is 7.16. The summed E-state index contributed by atoms with van der Waals surface area (Å²) in [5.41, 5.74) is 6.41. The molecule has 1 aromatic carbocycles. The lowest BCUT2D eigenvalue weighted by Crippen LogP contribution is -2.30. The van der Waals surface area contributed by atoms with E-state index in [4.69, 9.17) is 14.7 Å². The summed E-state index contributed by atoms with van der Waals surface area (Å²) in [6.45, 7) is 3.71. The van der Waals surface area contributed by atoms with Crippen LogP contribution in [0, 0.1) is 0 Å². The number of nitrogens with zero attached hydrogens (tertiary/aromatic N) is 3. The fourth-order valence-corrected chi connectivity index (χ4v) is 1.88. The molecule has 0 saturated carbocycles. The first kappa shape index (κ1) is 12.6. The summed E-state index contributed by atoms with van der Waals surface area (Å²) in [5.74, 6) is 0.249. The van der Waals surface area contributed by atoms with Gasteiger partial charge in [-0.05, 0) is 26.0 Å². The van der Waals surface area contributed by atoms with Crippen molar-refractivity contribution in [1.82, 2.24) is 14.7 Å². The van der Waals surface area contributed by atoms with Crippen LogP contribution in [0.2, 0.25) is 0 Å². The van der Waals surface area contributed by atoms with Crippen molar-refractivity contribution in [3.05, 3.63) is 46.5 Å². The Balaban J connectivity index is 1.99. The van der Waals surface area contributed by atoms with Crippen molar-refractivity contribution in [2.45, 2.75) is 25.9 Å². The first-order valence-corrected chi connectivity index (χ1v) is 6.15. The second kappa shape index (κ2) is 4.31. The molecular weight excluding hydrogens is 260 g/mol. The van der Waals surface area contributed by atoms with Gasteiger partial charge in [0.05, 0.1) is 11.1 Å². The van der Waals surface area contributed by atoms with E-state index in [1.165, 1.54) is 4.57 Å². The molecule has 0 saturated heterocycles. The fourth-order valence-electron chi connectivity index (χ4n) is 1.88. The van der Waals surface area contributed by atoms with Gasteiger partial charge in [0.2, 0.25) is 5.89 Å². The number of nitrogens with two attached hydrogens (primary N) is 1. The molecule has 2 N–H and O–H groups in total. The maximum atomic E-state index is 11.8. The number of benzene rings is 1. The summed E-state index contributed by atoms with van der Waals surface area (Å²) >= 11 is 0. The van der Waals surface area contributed by atoms with Gasteiger partial charge in [0.1, 0.15) is 6.54 Å². The molecule has 7 heteroatoms. The van der Waals surface area contributed by atoms with Gasteiger partial charge in [-0.15, -0.1) is 0 Å². The average Bonchev–Trinajstić information content (AvgIpc) is 2.95. The quantitative estimate of drug-likeness (QED) is 0.770. The van der Waals surface area contributed by atoms with Crippen LogP contribution >= 0.6 is 0 Å². The molecule has 0 fully saturated rings. The number of fused-ring (bicyclic) bond motifs is 1. The van der Waals surface area contributed by atoms with Crippen molar-refractivity contribution in [2.75, 3.05) is 0 Å². The Morgan fingerprint density at radius 1 is 1.35 bits per heavy atom. The summed E-state index contributed by atoms with van der Waals surface area (Å²) in [5, 5.41) is 3.82. The largest absolute Gasteiger partial charge is 0.420 e. The molecule has 2 heterocycles. The highest BCUT2D eigenvalue weighted by atomic mass is 16.5. The molecule has 0 spiro atoms. The molecule has 0 radical (unpaired) electrons. The van der Waals surface area contributed by atoms with E-state index in [1.54, 1.807) is 32.0 Å². The molecule has 0 atom stereocenters. The minimum atomic E-state index is -0.689. The molecule has 0 aliphatic heterocycles. The molecule has 7 nitrogen and oxygen atoms in total. The molecule has 2 aromatic heterocycles. The summed E-state index contributed by atoms with van der Waals surface area (Å²) < 4.78 is 11.7. The van der Waals surface area contributed by atoms with Gasteiger partial charge in [-0.25, -0.2) is 4.79 Å². The van der Waals surface area contributed by atoms with Gasteiger partial charge in [-0.2, -0.15) is 4.98 Å². The van der Waals surface area contributed by atoms with Crippen LogP contribution in [0.1, 0.15) is 25.6 Å². The van der Waals surface area contributed by atoms with Gasteiger partial charge in [0, 0.05) is 0 Å². The smallest absolute Gasteiger partial charge is 0.408 e. The Kier molecular flexibility index (Phi) is 2.72. The lowest BCUT2D eigenvalue weighted by atomic mass is 10.1. The zero-order chi connectivity index (χ0) is 14.3. The zero-order valence-corrected chi connectivity index (χ0v) is 11.2. The predicted octanol–water partition coefficient (Wildman–Crippen LogP) is 1.22. The Bertz CT molecular complexity index is 807. The monoisotopic (exact) mass is 274 g/mol. The maximum Gasteiger partial charge on any atom is 0.420 e. The predicted molar refractivity (Wildman–Crippen MR) is 71.1 cm³/mol. The number of para-hydroxylation sites is 2. The van der Waals surface area contributed by atoms with E-state index >= 15 is 0 Å². The maximum absolute atomic E-state index is 11.8. The molecule has 0 aliphatic rings. The van der Waals surface area contributed by atoms with Gasteiger partial charge >= 0.3 is 5.76 Å². The van der Waals surface area contributed by atoms with Crippen LogP contribution in [0.3, 0.4) is 0 Å². The molecule has 0 unspecified atom stereocenters. The van der Waals surface area contributed by atoms with Crippen LogP contribution in [-0.4, -0.2) is 14.7 Å². The average molecular weight is 274 g/mol. The third-order valence-corrected chi connectivity index (χ3v) is 2.91. The van der Waals surface area contributed by atoms with Gasteiger partial charge in [-0.1, -0.05) is 17.3 Å². The molecule has 0 amide bonds. The van der Waals surface area contributed by atoms with Crippen LogP contribution in [0.4, 0.5) is 0 Å². The van der Waals surface area contributed by atoms with Crippen LogP contribution in [0.5, 0.6) is 0 Å². The molecule has 3 aromatic rings.